The van der Waals surface area contributed by atoms with E-state index in [4.69, 9.17) is 9.47 Å². The van der Waals surface area contributed by atoms with Crippen LogP contribution in [-0.2, 0) is 11.2 Å². The van der Waals surface area contributed by atoms with Crippen molar-refractivity contribution in [3.05, 3.63) is 40.6 Å². The molecule has 1 aliphatic rings. The summed E-state index contributed by atoms with van der Waals surface area (Å²) in [5, 5.41) is 19.0. The van der Waals surface area contributed by atoms with Gasteiger partial charge >= 0.3 is 6.03 Å². The number of amides is 3. The lowest BCUT2D eigenvalue weighted by Gasteiger charge is -2.07. The molecule has 0 fully saturated rings. The number of hydrogen-bond acceptors (Lipinski definition) is 10. The second-order valence-corrected chi connectivity index (χ2v) is 9.22. The van der Waals surface area contributed by atoms with E-state index in [0.717, 1.165) is 13.0 Å². The molecule has 0 saturated carbocycles. The van der Waals surface area contributed by atoms with Gasteiger partial charge in [0.1, 0.15) is 0 Å². The normalized spacial score (nSPS) is 11.9. The Hall–Kier alpha value is -2.83. The topological polar surface area (TPSA) is 114 Å². The van der Waals surface area contributed by atoms with Crippen molar-refractivity contribution < 1.29 is 19.1 Å². The van der Waals surface area contributed by atoms with E-state index < -0.39 is 11.9 Å². The summed E-state index contributed by atoms with van der Waals surface area (Å²) in [7, 11) is 0. The molecule has 0 spiro atoms. The van der Waals surface area contributed by atoms with Crippen LogP contribution in [0.5, 0.6) is 11.5 Å². The second-order valence-electron chi connectivity index (χ2n) is 5.99. The van der Waals surface area contributed by atoms with Gasteiger partial charge in [-0.2, -0.15) is 0 Å². The zero-order valence-corrected chi connectivity index (χ0v) is 18.0. The molecule has 0 atom stereocenters. The van der Waals surface area contributed by atoms with Crippen LogP contribution in [0.1, 0.15) is 4.88 Å². The Labute approximate surface area is 184 Å². The number of nitrogens with zero attached hydrogens (tertiary/aromatic N) is 2. The molecule has 0 unspecified atom stereocenters. The molecular weight excluding hydrogens is 446 g/mol. The van der Waals surface area contributed by atoms with Crippen molar-refractivity contribution in [2.24, 2.45) is 0 Å². The first-order valence-electron chi connectivity index (χ1n) is 8.89. The number of imide groups is 1. The molecule has 0 saturated heterocycles. The Kier molecular flexibility index (Phi) is 6.67. The highest BCUT2D eigenvalue weighted by Crippen LogP contribution is 2.34. The predicted octanol–water partition coefficient (Wildman–Crippen LogP) is 3.42. The third-order valence-electron chi connectivity index (χ3n) is 3.84. The summed E-state index contributed by atoms with van der Waals surface area (Å²) in [5.41, 5.74) is 0.500. The standard InChI is InChI=1S/C18H17N5O4S3/c24-15(21-16(25)20-11-3-4-13-14(8-11)27-10-26-13)9-29-18-23-22-17(30-18)19-6-5-12-2-1-7-28-12/h1-4,7-8H,5-6,9-10H2,(H,19,22)(H2,20,21,24,25). The van der Waals surface area contributed by atoms with Crippen molar-refractivity contribution in [3.8, 4) is 11.5 Å². The molecule has 1 aliphatic heterocycles. The highest BCUT2D eigenvalue weighted by atomic mass is 32.2. The van der Waals surface area contributed by atoms with Gasteiger partial charge in [0.05, 0.1) is 5.75 Å². The first-order chi connectivity index (χ1) is 14.7. The minimum absolute atomic E-state index is 0.0540. The van der Waals surface area contributed by atoms with Crippen LogP contribution < -0.4 is 25.4 Å². The number of carbonyl (C=O) groups is 2. The average molecular weight is 464 g/mol. The number of thiophene rings is 1. The van der Waals surface area contributed by atoms with Crippen LogP contribution >= 0.6 is 34.4 Å². The van der Waals surface area contributed by atoms with E-state index in [1.54, 1.807) is 29.5 Å². The molecule has 9 nitrogen and oxygen atoms in total. The third kappa shape index (κ3) is 5.62. The number of carbonyl (C=O) groups excluding carboxylic acids is 2. The van der Waals surface area contributed by atoms with E-state index >= 15 is 0 Å². The summed E-state index contributed by atoms with van der Waals surface area (Å²) in [6.45, 7) is 0.915. The first kappa shape index (κ1) is 20.4. The van der Waals surface area contributed by atoms with Gasteiger partial charge in [-0.1, -0.05) is 29.2 Å². The molecule has 0 bridgehead atoms. The lowest BCUT2D eigenvalue weighted by atomic mass is 10.3. The van der Waals surface area contributed by atoms with Crippen molar-refractivity contribution in [2.45, 2.75) is 10.8 Å². The number of urea groups is 1. The van der Waals surface area contributed by atoms with Crippen LogP contribution in [0.2, 0.25) is 0 Å². The molecule has 12 heteroatoms. The van der Waals surface area contributed by atoms with E-state index in [-0.39, 0.29) is 12.5 Å². The van der Waals surface area contributed by atoms with Gasteiger partial charge < -0.3 is 20.1 Å². The number of benzene rings is 1. The number of aromatic nitrogens is 2. The number of anilines is 2. The smallest absolute Gasteiger partial charge is 0.325 e. The number of ether oxygens (including phenoxy) is 2. The van der Waals surface area contributed by atoms with E-state index in [0.29, 0.717) is 26.7 Å². The minimum atomic E-state index is -0.618. The van der Waals surface area contributed by atoms with Crippen molar-refractivity contribution >= 4 is 57.2 Å². The second kappa shape index (κ2) is 9.78. The summed E-state index contributed by atoms with van der Waals surface area (Å²) in [6.07, 6.45) is 0.917. The van der Waals surface area contributed by atoms with Crippen molar-refractivity contribution in [2.75, 3.05) is 29.7 Å². The highest BCUT2D eigenvalue weighted by molar-refractivity contribution is 8.01. The molecular formula is C18H17N5O4S3. The maximum Gasteiger partial charge on any atom is 0.325 e. The molecule has 3 amide bonds. The largest absolute Gasteiger partial charge is 0.454 e. The summed E-state index contributed by atoms with van der Waals surface area (Å²) in [4.78, 5) is 25.3. The molecule has 0 aliphatic carbocycles. The van der Waals surface area contributed by atoms with Gasteiger partial charge in [0.2, 0.25) is 17.8 Å². The molecule has 3 aromatic rings. The fraction of sp³-hybridized carbons (Fsp3) is 0.222. The molecule has 3 N–H and O–H groups in total. The van der Waals surface area contributed by atoms with Gasteiger partial charge in [0.15, 0.2) is 15.8 Å². The Morgan fingerprint density at radius 2 is 2.07 bits per heavy atom. The molecule has 3 heterocycles. The summed E-state index contributed by atoms with van der Waals surface area (Å²) in [5.74, 6) is 0.788. The zero-order valence-electron chi connectivity index (χ0n) is 15.5. The van der Waals surface area contributed by atoms with Crippen LogP contribution in [-0.4, -0.2) is 41.2 Å². The predicted molar refractivity (Wildman–Crippen MR) is 117 cm³/mol. The SMILES string of the molecule is O=C(CSc1nnc(NCCc2cccs2)s1)NC(=O)Nc1ccc2c(c1)OCO2. The lowest BCUT2D eigenvalue weighted by molar-refractivity contribution is -0.117. The molecule has 0 radical (unpaired) electrons. The van der Waals surface area contributed by atoms with Gasteiger partial charge in [0, 0.05) is 23.2 Å². The average Bonchev–Trinajstić information content (AvgIpc) is 3.48. The van der Waals surface area contributed by atoms with Crippen molar-refractivity contribution in [1.29, 1.82) is 0 Å². The maximum absolute atomic E-state index is 12.0. The van der Waals surface area contributed by atoms with E-state index in [1.807, 2.05) is 6.07 Å². The van der Waals surface area contributed by atoms with Crippen molar-refractivity contribution in [3.63, 3.8) is 0 Å². The third-order valence-corrected chi connectivity index (χ3v) is 6.79. The van der Waals surface area contributed by atoms with Crippen LogP contribution in [0.25, 0.3) is 0 Å². The molecule has 2 aromatic heterocycles. The van der Waals surface area contributed by atoms with Crippen LogP contribution in [0.4, 0.5) is 15.6 Å². The fourth-order valence-corrected chi connectivity index (χ4v) is 4.80. The van der Waals surface area contributed by atoms with Gasteiger partial charge in [-0.05, 0) is 30.0 Å². The lowest BCUT2D eigenvalue weighted by Crippen LogP contribution is -2.35. The van der Waals surface area contributed by atoms with Crippen molar-refractivity contribution in [1.82, 2.24) is 15.5 Å². The Bertz CT molecular complexity index is 1020. The van der Waals surface area contributed by atoms with Crippen LogP contribution in [0.3, 0.4) is 0 Å². The molecule has 156 valence electrons. The summed E-state index contributed by atoms with van der Waals surface area (Å²) in [6, 6.07) is 8.50. The number of fused-ring (bicyclic) bond motifs is 1. The first-order valence-corrected chi connectivity index (χ1v) is 11.6. The zero-order chi connectivity index (χ0) is 20.8. The number of nitrogens with one attached hydrogen (secondary N) is 3. The van der Waals surface area contributed by atoms with Gasteiger partial charge in [-0.3, -0.25) is 10.1 Å². The maximum atomic E-state index is 12.0. The van der Waals surface area contributed by atoms with Gasteiger partial charge in [-0.15, -0.1) is 21.5 Å². The quantitative estimate of drug-likeness (QED) is 0.436. The summed E-state index contributed by atoms with van der Waals surface area (Å²) < 4.78 is 11.1. The number of rotatable bonds is 8. The molecule has 30 heavy (non-hydrogen) atoms. The van der Waals surface area contributed by atoms with Gasteiger partial charge in [-0.25, -0.2) is 4.79 Å². The minimum Gasteiger partial charge on any atom is -0.454 e. The van der Waals surface area contributed by atoms with Crippen LogP contribution in [0, 0.1) is 0 Å². The number of hydrogen-bond donors (Lipinski definition) is 3. The molecule has 4 rings (SSSR count). The molecule has 1 aromatic carbocycles. The Morgan fingerprint density at radius 3 is 2.93 bits per heavy atom. The monoisotopic (exact) mass is 463 g/mol. The van der Waals surface area contributed by atoms with Crippen LogP contribution in [0.15, 0.2) is 40.1 Å². The number of thioether (sulfide) groups is 1. The Balaban J connectivity index is 1.17. The van der Waals surface area contributed by atoms with Gasteiger partial charge in [0.25, 0.3) is 0 Å². The Morgan fingerprint density at radius 1 is 1.17 bits per heavy atom. The fourth-order valence-electron chi connectivity index (χ4n) is 2.51. The van der Waals surface area contributed by atoms with E-state index in [2.05, 4.69) is 37.6 Å². The van der Waals surface area contributed by atoms with E-state index in [1.165, 1.54) is 28.0 Å². The summed E-state index contributed by atoms with van der Waals surface area (Å²) >= 11 is 4.31. The van der Waals surface area contributed by atoms with E-state index in [9.17, 15) is 9.59 Å². The highest BCUT2D eigenvalue weighted by Gasteiger charge is 2.15.